The highest BCUT2D eigenvalue weighted by atomic mass is 35.5. The Hall–Kier alpha value is -2.51. The quantitative estimate of drug-likeness (QED) is 0.683. The van der Waals surface area contributed by atoms with Crippen LogP contribution in [0.25, 0.3) is 11.3 Å². The molecular weight excluding hydrogens is 398 g/mol. The maximum atomic E-state index is 12.4. The summed E-state index contributed by atoms with van der Waals surface area (Å²) in [5.41, 5.74) is 0.359. The molecule has 7 nitrogen and oxygen atoms in total. The summed E-state index contributed by atoms with van der Waals surface area (Å²) in [5.74, 6) is -0.0837. The van der Waals surface area contributed by atoms with Gasteiger partial charge in [0.15, 0.2) is 5.43 Å². The van der Waals surface area contributed by atoms with Gasteiger partial charge < -0.3 is 23.9 Å². The number of rotatable bonds is 7. The molecule has 0 amide bonds. The molecule has 156 valence electrons. The van der Waals surface area contributed by atoms with Gasteiger partial charge in [0.1, 0.15) is 23.7 Å². The number of methoxy groups -OCH3 is 1. The van der Waals surface area contributed by atoms with Crippen LogP contribution in [0.1, 0.15) is 36.7 Å². The number of ether oxygens (including phenoxy) is 3. The Morgan fingerprint density at radius 3 is 2.76 bits per heavy atom. The fourth-order valence-corrected chi connectivity index (χ4v) is 3.54. The number of fused-ring (bicyclic) bond motifs is 3. The van der Waals surface area contributed by atoms with E-state index in [0.29, 0.717) is 47.6 Å². The zero-order valence-corrected chi connectivity index (χ0v) is 17.4. The highest BCUT2D eigenvalue weighted by molar-refractivity contribution is 6.32. The number of nitrogens with zero attached hydrogens (tertiary/aromatic N) is 1. The van der Waals surface area contributed by atoms with Crippen molar-refractivity contribution in [2.45, 2.75) is 26.3 Å². The molecule has 0 aliphatic carbocycles. The van der Waals surface area contributed by atoms with Crippen LogP contribution >= 0.6 is 11.6 Å². The van der Waals surface area contributed by atoms with Crippen molar-refractivity contribution in [2.75, 3.05) is 26.9 Å². The SMILES string of the molecule is COCCCOc1cc2c(cc1Cl)-c1cc(=O)c(C(=O)O)cn1C(C(C)C)CO2. The van der Waals surface area contributed by atoms with Crippen molar-refractivity contribution in [3.8, 4) is 22.8 Å². The molecule has 1 atom stereocenters. The van der Waals surface area contributed by atoms with Crippen LogP contribution in [0.5, 0.6) is 11.5 Å². The Balaban J connectivity index is 2.09. The van der Waals surface area contributed by atoms with E-state index in [-0.39, 0.29) is 17.5 Å². The molecule has 1 aromatic carbocycles. The van der Waals surface area contributed by atoms with Crippen LogP contribution in [-0.2, 0) is 4.74 Å². The Labute approximate surface area is 173 Å². The van der Waals surface area contributed by atoms with Gasteiger partial charge in [-0.05, 0) is 12.0 Å². The molecule has 1 aliphatic rings. The summed E-state index contributed by atoms with van der Waals surface area (Å²) in [5, 5.41) is 9.75. The minimum atomic E-state index is -1.25. The summed E-state index contributed by atoms with van der Waals surface area (Å²) < 4.78 is 18.6. The van der Waals surface area contributed by atoms with Gasteiger partial charge in [0.05, 0.1) is 23.4 Å². The molecule has 0 bridgehead atoms. The molecule has 0 radical (unpaired) electrons. The first-order chi connectivity index (χ1) is 13.8. The lowest BCUT2D eigenvalue weighted by molar-refractivity contribution is 0.0694. The summed E-state index contributed by atoms with van der Waals surface area (Å²) in [4.78, 5) is 23.9. The summed E-state index contributed by atoms with van der Waals surface area (Å²) in [6.45, 7) is 5.38. The van der Waals surface area contributed by atoms with Gasteiger partial charge in [0.2, 0.25) is 0 Å². The fourth-order valence-electron chi connectivity index (χ4n) is 3.32. The highest BCUT2D eigenvalue weighted by Crippen LogP contribution is 2.42. The van der Waals surface area contributed by atoms with Gasteiger partial charge in [-0.15, -0.1) is 0 Å². The molecule has 2 aromatic rings. The van der Waals surface area contributed by atoms with Gasteiger partial charge in [-0.2, -0.15) is 0 Å². The molecule has 1 unspecified atom stereocenters. The molecule has 0 saturated heterocycles. The number of aromatic nitrogens is 1. The lowest BCUT2D eigenvalue weighted by Crippen LogP contribution is -2.25. The summed E-state index contributed by atoms with van der Waals surface area (Å²) >= 11 is 6.42. The number of halogens is 1. The minimum absolute atomic E-state index is 0.146. The van der Waals surface area contributed by atoms with E-state index >= 15 is 0 Å². The number of benzene rings is 1. The normalized spacial score (nSPS) is 15.3. The van der Waals surface area contributed by atoms with E-state index < -0.39 is 11.4 Å². The number of carboxylic acids is 1. The van der Waals surface area contributed by atoms with Crippen molar-refractivity contribution in [1.82, 2.24) is 4.57 Å². The van der Waals surface area contributed by atoms with Crippen LogP contribution < -0.4 is 14.9 Å². The Bertz CT molecular complexity index is 968. The van der Waals surface area contributed by atoms with E-state index in [4.69, 9.17) is 25.8 Å². The topological polar surface area (TPSA) is 87.0 Å². The zero-order chi connectivity index (χ0) is 21.1. The highest BCUT2D eigenvalue weighted by Gasteiger charge is 2.27. The molecule has 0 fully saturated rings. The van der Waals surface area contributed by atoms with Gasteiger partial charge in [-0.1, -0.05) is 25.4 Å². The molecule has 2 heterocycles. The van der Waals surface area contributed by atoms with E-state index in [1.807, 2.05) is 13.8 Å². The first-order valence-electron chi connectivity index (χ1n) is 9.41. The molecular formula is C21H24ClNO6. The van der Waals surface area contributed by atoms with Crippen LogP contribution in [0.2, 0.25) is 5.02 Å². The van der Waals surface area contributed by atoms with Crippen molar-refractivity contribution in [2.24, 2.45) is 5.92 Å². The van der Waals surface area contributed by atoms with Crippen LogP contribution in [0.4, 0.5) is 0 Å². The predicted octanol–water partition coefficient (Wildman–Crippen LogP) is 3.87. The van der Waals surface area contributed by atoms with Crippen LogP contribution in [0.15, 0.2) is 29.2 Å². The lowest BCUT2D eigenvalue weighted by Gasteiger charge is -2.24. The number of hydrogen-bond donors (Lipinski definition) is 1. The second-order valence-electron chi connectivity index (χ2n) is 7.24. The molecule has 29 heavy (non-hydrogen) atoms. The monoisotopic (exact) mass is 421 g/mol. The van der Waals surface area contributed by atoms with E-state index in [9.17, 15) is 14.7 Å². The summed E-state index contributed by atoms with van der Waals surface area (Å²) in [7, 11) is 1.63. The van der Waals surface area contributed by atoms with Crippen LogP contribution in [0.3, 0.4) is 0 Å². The molecule has 0 saturated carbocycles. The predicted molar refractivity (Wildman–Crippen MR) is 109 cm³/mol. The van der Waals surface area contributed by atoms with Crippen molar-refractivity contribution in [3.05, 3.63) is 45.2 Å². The van der Waals surface area contributed by atoms with E-state index in [2.05, 4.69) is 0 Å². The summed E-state index contributed by atoms with van der Waals surface area (Å²) in [6, 6.07) is 4.59. The van der Waals surface area contributed by atoms with Crippen LogP contribution in [0, 0.1) is 5.92 Å². The summed E-state index contributed by atoms with van der Waals surface area (Å²) in [6.07, 6.45) is 2.11. The maximum Gasteiger partial charge on any atom is 0.341 e. The average Bonchev–Trinajstić information content (AvgIpc) is 2.81. The Morgan fingerprint density at radius 1 is 1.34 bits per heavy atom. The first-order valence-corrected chi connectivity index (χ1v) is 9.79. The van der Waals surface area contributed by atoms with Crippen LogP contribution in [-0.4, -0.2) is 42.6 Å². The second-order valence-corrected chi connectivity index (χ2v) is 7.65. The largest absolute Gasteiger partial charge is 0.492 e. The van der Waals surface area contributed by atoms with E-state index in [1.54, 1.807) is 23.8 Å². The number of hydrogen-bond acceptors (Lipinski definition) is 5. The van der Waals surface area contributed by atoms with Crippen molar-refractivity contribution >= 4 is 17.6 Å². The van der Waals surface area contributed by atoms with E-state index in [1.165, 1.54) is 12.3 Å². The molecule has 8 heteroatoms. The zero-order valence-electron chi connectivity index (χ0n) is 16.6. The third-order valence-corrected chi connectivity index (χ3v) is 5.20. The second kappa shape index (κ2) is 8.88. The number of aromatic carboxylic acids is 1. The first kappa shape index (κ1) is 21.2. The van der Waals surface area contributed by atoms with E-state index in [0.717, 1.165) is 6.42 Å². The fraction of sp³-hybridized carbons (Fsp3) is 0.429. The number of pyridine rings is 1. The van der Waals surface area contributed by atoms with Crippen molar-refractivity contribution in [1.29, 1.82) is 0 Å². The van der Waals surface area contributed by atoms with Gasteiger partial charge in [0, 0.05) is 44.0 Å². The van der Waals surface area contributed by atoms with Gasteiger partial charge in [-0.25, -0.2) is 4.79 Å². The lowest BCUT2D eigenvalue weighted by atomic mass is 10.0. The van der Waals surface area contributed by atoms with Crippen molar-refractivity contribution < 1.29 is 24.1 Å². The standard InChI is InChI=1S/C21H24ClNO6/c1-12(2)17-11-29-19-9-20(28-6-4-5-27-3)15(22)7-13(19)16-8-18(24)14(21(25)26)10-23(16)17/h7-10,12,17H,4-6,11H2,1-3H3,(H,25,26). The minimum Gasteiger partial charge on any atom is -0.492 e. The Morgan fingerprint density at radius 2 is 2.10 bits per heavy atom. The average molecular weight is 422 g/mol. The van der Waals surface area contributed by atoms with Gasteiger partial charge >= 0.3 is 5.97 Å². The molecule has 1 aliphatic heterocycles. The molecule has 3 rings (SSSR count). The van der Waals surface area contributed by atoms with Crippen molar-refractivity contribution in [3.63, 3.8) is 0 Å². The molecule has 1 aromatic heterocycles. The van der Waals surface area contributed by atoms with Gasteiger partial charge in [0.25, 0.3) is 0 Å². The Kier molecular flexibility index (Phi) is 6.49. The number of carbonyl (C=O) groups is 1. The molecule has 0 spiro atoms. The third-order valence-electron chi connectivity index (χ3n) is 4.91. The maximum absolute atomic E-state index is 12.4. The van der Waals surface area contributed by atoms with Gasteiger partial charge in [-0.3, -0.25) is 4.79 Å². The smallest absolute Gasteiger partial charge is 0.341 e. The number of carboxylic acid groups (broad SMARTS) is 1. The third kappa shape index (κ3) is 4.41. The molecule has 1 N–H and O–H groups in total.